The molecule has 0 radical (unpaired) electrons. The zero-order valence-electron chi connectivity index (χ0n) is 10.5. The third-order valence-corrected chi connectivity index (χ3v) is 3.90. The van der Waals surface area contributed by atoms with Gasteiger partial charge >= 0.3 is 0 Å². The monoisotopic (exact) mass is 273 g/mol. The van der Waals surface area contributed by atoms with E-state index in [2.05, 4.69) is 10.0 Å². The number of nitrogen functional groups attached to an aromatic ring is 1. The third kappa shape index (κ3) is 3.86. The predicted octanol–water partition coefficient (Wildman–Crippen LogP) is 0.360. The highest BCUT2D eigenvalue weighted by atomic mass is 32.2. The van der Waals surface area contributed by atoms with Crippen molar-refractivity contribution in [3.8, 4) is 0 Å². The topological polar surface area (TPSA) is 104 Å². The minimum atomic E-state index is -3.56. The largest absolute Gasteiger partial charge is 0.399 e. The third-order valence-electron chi connectivity index (χ3n) is 2.44. The molecule has 18 heavy (non-hydrogen) atoms. The van der Waals surface area contributed by atoms with Gasteiger partial charge in [-0.3, -0.25) is 0 Å². The highest BCUT2D eigenvalue weighted by molar-refractivity contribution is 7.89. The number of rotatable bonds is 6. The summed E-state index contributed by atoms with van der Waals surface area (Å²) in [5.74, 6) is 0. The van der Waals surface area contributed by atoms with E-state index in [1.54, 1.807) is 19.1 Å². The lowest BCUT2D eigenvalue weighted by atomic mass is 10.2. The first-order valence-corrected chi connectivity index (χ1v) is 7.10. The number of hydrogen-bond donors (Lipinski definition) is 4. The molecule has 1 atom stereocenters. The van der Waals surface area contributed by atoms with E-state index < -0.39 is 16.1 Å². The standard InChI is InChI=1S/C11H19N3O3S/c1-8(15)5-6-14-10-4-3-9(12)7-11(10)18(16,17)13-2/h3-4,7-8,13-15H,5-6,12H2,1-2H3. The molecule has 102 valence electrons. The molecule has 1 unspecified atom stereocenters. The molecule has 0 aliphatic carbocycles. The number of nitrogens with one attached hydrogen (secondary N) is 2. The van der Waals surface area contributed by atoms with Crippen molar-refractivity contribution in [3.05, 3.63) is 18.2 Å². The molecular formula is C11H19N3O3S. The predicted molar refractivity (Wildman–Crippen MR) is 71.9 cm³/mol. The van der Waals surface area contributed by atoms with Crippen LogP contribution in [0.3, 0.4) is 0 Å². The lowest BCUT2D eigenvalue weighted by molar-refractivity contribution is 0.188. The fraction of sp³-hybridized carbons (Fsp3) is 0.455. The number of sulfonamides is 1. The molecule has 1 aromatic rings. The Morgan fingerprint density at radius 2 is 2.11 bits per heavy atom. The van der Waals surface area contributed by atoms with Gasteiger partial charge in [0.05, 0.1) is 11.8 Å². The summed E-state index contributed by atoms with van der Waals surface area (Å²) in [5, 5.41) is 12.1. The van der Waals surface area contributed by atoms with Crippen LogP contribution in [0.2, 0.25) is 0 Å². The zero-order valence-corrected chi connectivity index (χ0v) is 11.3. The van der Waals surface area contributed by atoms with E-state index in [1.807, 2.05) is 0 Å². The quantitative estimate of drug-likeness (QED) is 0.560. The van der Waals surface area contributed by atoms with Crippen LogP contribution in [0.15, 0.2) is 23.1 Å². The van der Waals surface area contributed by atoms with Gasteiger partial charge in [-0.15, -0.1) is 0 Å². The SMILES string of the molecule is CNS(=O)(=O)c1cc(N)ccc1NCCC(C)O. The molecule has 0 aliphatic rings. The average molecular weight is 273 g/mol. The van der Waals surface area contributed by atoms with Gasteiger partial charge in [0.2, 0.25) is 10.0 Å². The summed E-state index contributed by atoms with van der Waals surface area (Å²) < 4.78 is 25.9. The maximum Gasteiger partial charge on any atom is 0.242 e. The van der Waals surface area contributed by atoms with Crippen LogP contribution in [0.4, 0.5) is 11.4 Å². The number of aliphatic hydroxyl groups is 1. The number of aliphatic hydroxyl groups excluding tert-OH is 1. The smallest absolute Gasteiger partial charge is 0.242 e. The lowest BCUT2D eigenvalue weighted by Crippen LogP contribution is -2.21. The molecule has 0 fully saturated rings. The van der Waals surface area contributed by atoms with Gasteiger partial charge in [0, 0.05) is 12.2 Å². The fourth-order valence-corrected chi connectivity index (χ4v) is 2.37. The van der Waals surface area contributed by atoms with Gasteiger partial charge < -0.3 is 16.2 Å². The Balaban J connectivity index is 2.98. The molecule has 5 N–H and O–H groups in total. The molecule has 0 saturated carbocycles. The molecule has 0 aromatic heterocycles. The molecular weight excluding hydrogens is 254 g/mol. The summed E-state index contributed by atoms with van der Waals surface area (Å²) >= 11 is 0. The van der Waals surface area contributed by atoms with Crippen LogP contribution in [-0.2, 0) is 10.0 Å². The second-order valence-corrected chi connectivity index (χ2v) is 5.88. The van der Waals surface area contributed by atoms with Gasteiger partial charge in [0.1, 0.15) is 4.90 Å². The normalized spacial score (nSPS) is 13.3. The Morgan fingerprint density at radius 1 is 1.44 bits per heavy atom. The van der Waals surface area contributed by atoms with Gasteiger partial charge in [0.15, 0.2) is 0 Å². The summed E-state index contributed by atoms with van der Waals surface area (Å²) in [6, 6.07) is 4.64. The van der Waals surface area contributed by atoms with Crippen LogP contribution < -0.4 is 15.8 Å². The first-order valence-electron chi connectivity index (χ1n) is 5.62. The van der Waals surface area contributed by atoms with Crippen LogP contribution in [-0.4, -0.2) is 33.2 Å². The highest BCUT2D eigenvalue weighted by Gasteiger charge is 2.16. The van der Waals surface area contributed by atoms with Crippen molar-refractivity contribution in [2.75, 3.05) is 24.6 Å². The van der Waals surface area contributed by atoms with Crippen LogP contribution in [0, 0.1) is 0 Å². The molecule has 0 heterocycles. The Bertz CT molecular complexity index is 500. The second-order valence-electron chi connectivity index (χ2n) is 4.03. The summed E-state index contributed by atoms with van der Waals surface area (Å²) in [5.41, 5.74) is 6.45. The van der Waals surface area contributed by atoms with Crippen LogP contribution in [0.1, 0.15) is 13.3 Å². The van der Waals surface area contributed by atoms with Gasteiger partial charge in [-0.25, -0.2) is 13.1 Å². The van der Waals surface area contributed by atoms with Crippen molar-refractivity contribution in [2.45, 2.75) is 24.3 Å². The van der Waals surface area contributed by atoms with Crippen LogP contribution in [0.25, 0.3) is 0 Å². The van der Waals surface area contributed by atoms with Crippen LogP contribution in [0.5, 0.6) is 0 Å². The average Bonchev–Trinajstić information content (AvgIpc) is 2.30. The van der Waals surface area contributed by atoms with Gasteiger partial charge in [-0.2, -0.15) is 0 Å². The summed E-state index contributed by atoms with van der Waals surface area (Å²) in [7, 11) is -2.21. The van der Waals surface area contributed by atoms with E-state index in [-0.39, 0.29) is 4.90 Å². The van der Waals surface area contributed by atoms with E-state index in [4.69, 9.17) is 10.8 Å². The highest BCUT2D eigenvalue weighted by Crippen LogP contribution is 2.23. The van der Waals surface area contributed by atoms with E-state index >= 15 is 0 Å². The first kappa shape index (κ1) is 14.7. The Labute approximate surface area is 107 Å². The molecule has 0 aliphatic heterocycles. The van der Waals surface area contributed by atoms with Crippen molar-refractivity contribution in [3.63, 3.8) is 0 Å². The number of benzene rings is 1. The lowest BCUT2D eigenvalue weighted by Gasteiger charge is -2.13. The Hall–Kier alpha value is -1.31. The van der Waals surface area contributed by atoms with Gasteiger partial charge in [-0.1, -0.05) is 0 Å². The van der Waals surface area contributed by atoms with Crippen molar-refractivity contribution < 1.29 is 13.5 Å². The molecule has 1 aromatic carbocycles. The minimum Gasteiger partial charge on any atom is -0.399 e. The minimum absolute atomic E-state index is 0.107. The van der Waals surface area contributed by atoms with Gasteiger partial charge in [0.25, 0.3) is 0 Å². The van der Waals surface area contributed by atoms with E-state index in [9.17, 15) is 8.42 Å². The van der Waals surface area contributed by atoms with Crippen LogP contribution >= 0.6 is 0 Å². The van der Waals surface area contributed by atoms with E-state index in [0.29, 0.717) is 24.3 Å². The van der Waals surface area contributed by atoms with Gasteiger partial charge in [-0.05, 0) is 38.6 Å². The summed E-state index contributed by atoms with van der Waals surface area (Å²) in [6.07, 6.45) is 0.0966. The molecule has 0 bridgehead atoms. The summed E-state index contributed by atoms with van der Waals surface area (Å²) in [4.78, 5) is 0.107. The molecule has 1 rings (SSSR count). The maximum atomic E-state index is 11.8. The Kier molecular flexibility index (Phi) is 4.94. The molecule has 7 heteroatoms. The van der Waals surface area contributed by atoms with E-state index in [0.717, 1.165) is 0 Å². The number of anilines is 2. The van der Waals surface area contributed by atoms with Crippen molar-refractivity contribution in [1.29, 1.82) is 0 Å². The molecule has 0 saturated heterocycles. The van der Waals surface area contributed by atoms with Crippen molar-refractivity contribution >= 4 is 21.4 Å². The number of hydrogen-bond acceptors (Lipinski definition) is 5. The Morgan fingerprint density at radius 3 is 2.67 bits per heavy atom. The van der Waals surface area contributed by atoms with E-state index in [1.165, 1.54) is 13.1 Å². The molecule has 0 amide bonds. The molecule has 0 spiro atoms. The number of nitrogens with two attached hydrogens (primary N) is 1. The maximum absolute atomic E-state index is 11.8. The van der Waals surface area contributed by atoms with Crippen molar-refractivity contribution in [1.82, 2.24) is 4.72 Å². The van der Waals surface area contributed by atoms with Crippen molar-refractivity contribution in [2.24, 2.45) is 0 Å². The fourth-order valence-electron chi connectivity index (χ4n) is 1.43. The second kappa shape index (κ2) is 6.03. The first-order chi connectivity index (χ1) is 8.36. The molecule has 6 nitrogen and oxygen atoms in total. The zero-order chi connectivity index (χ0) is 13.8. The summed E-state index contributed by atoms with van der Waals surface area (Å²) in [6.45, 7) is 2.16.